The second kappa shape index (κ2) is 6.51. The maximum Gasteiger partial charge on any atom is 0.123 e. The highest BCUT2D eigenvalue weighted by Gasteiger charge is 2.17. The van der Waals surface area contributed by atoms with Crippen LogP contribution in [-0.4, -0.2) is 6.04 Å². The van der Waals surface area contributed by atoms with Gasteiger partial charge in [0.2, 0.25) is 0 Å². The van der Waals surface area contributed by atoms with E-state index in [2.05, 4.69) is 11.4 Å². The van der Waals surface area contributed by atoms with E-state index in [-0.39, 0.29) is 11.9 Å². The zero-order valence-electron chi connectivity index (χ0n) is 10.5. The summed E-state index contributed by atoms with van der Waals surface area (Å²) in [6.07, 6.45) is 7.34. The topological polar surface area (TPSA) is 35.8 Å². The van der Waals surface area contributed by atoms with Crippen LogP contribution in [0.4, 0.5) is 4.39 Å². The van der Waals surface area contributed by atoms with Crippen LogP contribution in [0.15, 0.2) is 24.3 Å². The molecule has 1 fully saturated rings. The molecule has 1 aromatic carbocycles. The highest BCUT2D eigenvalue weighted by atomic mass is 19.1. The van der Waals surface area contributed by atoms with Crippen molar-refractivity contribution in [3.8, 4) is 6.07 Å². The van der Waals surface area contributed by atoms with Crippen LogP contribution in [0.2, 0.25) is 0 Å². The molecule has 18 heavy (non-hydrogen) atoms. The molecule has 1 aliphatic carbocycles. The summed E-state index contributed by atoms with van der Waals surface area (Å²) < 4.78 is 12.9. The fraction of sp³-hybridized carbons (Fsp3) is 0.533. The molecule has 96 valence electrons. The van der Waals surface area contributed by atoms with Gasteiger partial charge in [-0.3, -0.25) is 5.32 Å². The average molecular weight is 246 g/mol. The van der Waals surface area contributed by atoms with Gasteiger partial charge in [-0.05, 0) is 30.5 Å². The van der Waals surface area contributed by atoms with Crippen molar-refractivity contribution in [2.24, 2.45) is 0 Å². The number of nitrogens with zero attached hydrogens (tertiary/aromatic N) is 1. The molecule has 0 spiro atoms. The first-order valence-electron chi connectivity index (χ1n) is 6.71. The molecule has 0 bridgehead atoms. The number of nitrogens with one attached hydrogen (secondary N) is 1. The first-order chi connectivity index (χ1) is 8.79. The van der Waals surface area contributed by atoms with Gasteiger partial charge in [0.05, 0.1) is 6.07 Å². The van der Waals surface area contributed by atoms with Gasteiger partial charge in [-0.25, -0.2) is 4.39 Å². The van der Waals surface area contributed by atoms with Crippen LogP contribution < -0.4 is 5.32 Å². The van der Waals surface area contributed by atoms with Gasteiger partial charge < -0.3 is 0 Å². The predicted octanol–water partition coefficient (Wildman–Crippen LogP) is 3.70. The molecule has 1 atom stereocenters. The zero-order valence-corrected chi connectivity index (χ0v) is 10.5. The van der Waals surface area contributed by atoms with Crippen LogP contribution in [0, 0.1) is 17.1 Å². The molecule has 2 rings (SSSR count). The van der Waals surface area contributed by atoms with E-state index in [1.165, 1.54) is 37.8 Å². The summed E-state index contributed by atoms with van der Waals surface area (Å²) in [6.45, 7) is 0. The van der Waals surface area contributed by atoms with Crippen LogP contribution in [0.5, 0.6) is 0 Å². The number of rotatable bonds is 3. The van der Waals surface area contributed by atoms with Crippen molar-refractivity contribution in [2.75, 3.05) is 0 Å². The molecular weight excluding hydrogens is 227 g/mol. The maximum absolute atomic E-state index is 12.9. The van der Waals surface area contributed by atoms with Crippen molar-refractivity contribution in [1.29, 1.82) is 5.26 Å². The lowest BCUT2D eigenvalue weighted by molar-refractivity contribution is 0.436. The van der Waals surface area contributed by atoms with Crippen molar-refractivity contribution in [3.63, 3.8) is 0 Å². The minimum absolute atomic E-state index is 0.259. The quantitative estimate of drug-likeness (QED) is 0.825. The highest BCUT2D eigenvalue weighted by molar-refractivity contribution is 5.24. The van der Waals surface area contributed by atoms with Gasteiger partial charge in [-0.1, -0.05) is 37.8 Å². The fourth-order valence-electron chi connectivity index (χ4n) is 2.54. The first-order valence-corrected chi connectivity index (χ1v) is 6.71. The smallest absolute Gasteiger partial charge is 0.123 e. The second-order valence-electron chi connectivity index (χ2n) is 4.97. The monoisotopic (exact) mass is 246 g/mol. The zero-order chi connectivity index (χ0) is 12.8. The summed E-state index contributed by atoms with van der Waals surface area (Å²) in [6, 6.07) is 8.56. The molecule has 1 N–H and O–H groups in total. The van der Waals surface area contributed by atoms with Crippen molar-refractivity contribution in [2.45, 2.75) is 50.6 Å². The van der Waals surface area contributed by atoms with Gasteiger partial charge in [0.25, 0.3) is 0 Å². The van der Waals surface area contributed by atoms with Crippen molar-refractivity contribution in [3.05, 3.63) is 35.6 Å². The van der Waals surface area contributed by atoms with E-state index in [0.29, 0.717) is 6.04 Å². The number of hydrogen-bond acceptors (Lipinski definition) is 2. The minimum atomic E-state index is -0.325. The summed E-state index contributed by atoms with van der Waals surface area (Å²) in [5.74, 6) is -0.259. The standard InChI is InChI=1S/C15H19FN2/c16-13-9-7-12(8-10-13)15(11-17)18-14-5-3-1-2-4-6-14/h7-10,14-15,18H,1-6H2. The summed E-state index contributed by atoms with van der Waals surface area (Å²) in [5, 5.41) is 12.6. The summed E-state index contributed by atoms with van der Waals surface area (Å²) in [7, 11) is 0. The van der Waals surface area contributed by atoms with Gasteiger partial charge in [-0.15, -0.1) is 0 Å². The van der Waals surface area contributed by atoms with Crippen molar-refractivity contribution < 1.29 is 4.39 Å². The van der Waals surface area contributed by atoms with E-state index in [1.54, 1.807) is 12.1 Å². The molecule has 1 unspecified atom stereocenters. The number of nitriles is 1. The van der Waals surface area contributed by atoms with Crippen molar-refractivity contribution >= 4 is 0 Å². The van der Waals surface area contributed by atoms with Crippen LogP contribution in [-0.2, 0) is 0 Å². The van der Waals surface area contributed by atoms with Crippen LogP contribution in [0.3, 0.4) is 0 Å². The Balaban J connectivity index is 2.00. The van der Waals surface area contributed by atoms with Crippen LogP contribution in [0.25, 0.3) is 0 Å². The Morgan fingerprint density at radius 1 is 1.11 bits per heavy atom. The summed E-state index contributed by atoms with van der Waals surface area (Å²) >= 11 is 0. The lowest BCUT2D eigenvalue weighted by atomic mass is 10.0. The summed E-state index contributed by atoms with van der Waals surface area (Å²) in [4.78, 5) is 0. The Bertz CT molecular complexity index is 399. The van der Waals surface area contributed by atoms with Crippen LogP contribution in [0.1, 0.15) is 50.1 Å². The van der Waals surface area contributed by atoms with Gasteiger partial charge >= 0.3 is 0 Å². The average Bonchev–Trinajstić information content (AvgIpc) is 2.66. The molecule has 0 saturated heterocycles. The van der Waals surface area contributed by atoms with E-state index in [9.17, 15) is 9.65 Å². The molecule has 1 aliphatic rings. The lowest BCUT2D eigenvalue weighted by Crippen LogP contribution is -2.31. The molecule has 3 heteroatoms. The SMILES string of the molecule is N#CC(NC1CCCCCC1)c1ccc(F)cc1. The largest absolute Gasteiger partial charge is 0.295 e. The van der Waals surface area contributed by atoms with Crippen molar-refractivity contribution in [1.82, 2.24) is 5.32 Å². The predicted molar refractivity (Wildman–Crippen MR) is 69.4 cm³/mol. The van der Waals surface area contributed by atoms with E-state index in [1.807, 2.05) is 0 Å². The molecule has 0 aliphatic heterocycles. The van der Waals surface area contributed by atoms with E-state index in [4.69, 9.17) is 0 Å². The van der Waals surface area contributed by atoms with E-state index < -0.39 is 0 Å². The normalized spacial score (nSPS) is 18.9. The molecule has 1 saturated carbocycles. The highest BCUT2D eigenvalue weighted by Crippen LogP contribution is 2.21. The molecular formula is C15H19FN2. The summed E-state index contributed by atoms with van der Waals surface area (Å²) in [5.41, 5.74) is 0.850. The third-order valence-electron chi connectivity index (χ3n) is 3.59. The minimum Gasteiger partial charge on any atom is -0.295 e. The number of hydrogen-bond donors (Lipinski definition) is 1. The van der Waals surface area contributed by atoms with Crippen LogP contribution >= 0.6 is 0 Å². The third-order valence-corrected chi connectivity index (χ3v) is 3.59. The second-order valence-corrected chi connectivity index (χ2v) is 4.97. The Hall–Kier alpha value is -1.40. The fourth-order valence-corrected chi connectivity index (χ4v) is 2.54. The van der Waals surface area contributed by atoms with E-state index in [0.717, 1.165) is 18.4 Å². The first kappa shape index (κ1) is 13.0. The van der Waals surface area contributed by atoms with Gasteiger partial charge in [0.1, 0.15) is 11.9 Å². The van der Waals surface area contributed by atoms with Gasteiger partial charge in [-0.2, -0.15) is 5.26 Å². The Morgan fingerprint density at radius 3 is 2.28 bits per heavy atom. The molecule has 2 nitrogen and oxygen atoms in total. The number of benzene rings is 1. The van der Waals surface area contributed by atoms with E-state index >= 15 is 0 Å². The molecule has 1 aromatic rings. The molecule has 0 amide bonds. The maximum atomic E-state index is 12.9. The Labute approximate surface area is 108 Å². The Morgan fingerprint density at radius 2 is 1.72 bits per heavy atom. The van der Waals surface area contributed by atoms with Gasteiger partial charge in [0, 0.05) is 6.04 Å². The molecule has 0 heterocycles. The molecule has 0 radical (unpaired) electrons. The lowest BCUT2D eigenvalue weighted by Gasteiger charge is -2.20. The number of halogens is 1. The van der Waals surface area contributed by atoms with Gasteiger partial charge in [0.15, 0.2) is 0 Å². The Kier molecular flexibility index (Phi) is 4.72. The third kappa shape index (κ3) is 3.54. The molecule has 0 aromatic heterocycles.